The summed E-state index contributed by atoms with van der Waals surface area (Å²) < 4.78 is 9.86. The van der Waals surface area contributed by atoms with Crippen LogP contribution in [0, 0.1) is 0 Å². The van der Waals surface area contributed by atoms with Crippen molar-refractivity contribution in [3.63, 3.8) is 0 Å². The number of aliphatic hydroxyl groups is 1. The van der Waals surface area contributed by atoms with E-state index < -0.39 is 0 Å². The standard InChI is InChI=1S/C5H14O3Si/c1-7-5(8-2)9-4-3-6/h5-6H,3-4,9H2,1-2H3. The molecule has 0 aliphatic carbocycles. The molecule has 0 rings (SSSR count). The minimum Gasteiger partial charge on any atom is -0.397 e. The Hall–Kier alpha value is 0.0969. The Morgan fingerprint density at radius 2 is 2.00 bits per heavy atom. The summed E-state index contributed by atoms with van der Waals surface area (Å²) in [5.74, 6) is -0.0165. The van der Waals surface area contributed by atoms with Gasteiger partial charge in [-0.3, -0.25) is 0 Å². The Kier molecular flexibility index (Phi) is 6.29. The van der Waals surface area contributed by atoms with E-state index in [1.807, 2.05) is 0 Å². The number of rotatable bonds is 5. The van der Waals surface area contributed by atoms with E-state index in [1.54, 1.807) is 14.2 Å². The molecule has 0 atom stereocenters. The van der Waals surface area contributed by atoms with Crippen molar-refractivity contribution < 1.29 is 14.6 Å². The molecule has 0 aliphatic rings. The molecule has 0 saturated heterocycles. The summed E-state index contributed by atoms with van der Waals surface area (Å²) in [7, 11) is 2.88. The highest BCUT2D eigenvalue weighted by molar-refractivity contribution is 6.36. The lowest BCUT2D eigenvalue weighted by Crippen LogP contribution is -2.21. The third-order valence-corrected chi connectivity index (χ3v) is 2.99. The molecular weight excluding hydrogens is 136 g/mol. The molecule has 56 valence electrons. The van der Waals surface area contributed by atoms with Crippen LogP contribution in [0.5, 0.6) is 0 Å². The van der Waals surface area contributed by atoms with Gasteiger partial charge in [0.2, 0.25) is 0 Å². The van der Waals surface area contributed by atoms with E-state index >= 15 is 0 Å². The molecule has 0 aromatic heterocycles. The minimum absolute atomic E-state index is 0.0165. The Morgan fingerprint density at radius 3 is 2.33 bits per heavy atom. The maximum atomic E-state index is 8.43. The van der Waals surface area contributed by atoms with Gasteiger partial charge in [0.15, 0.2) is 0 Å². The topological polar surface area (TPSA) is 38.7 Å². The molecule has 3 nitrogen and oxygen atoms in total. The summed E-state index contributed by atoms with van der Waals surface area (Å²) >= 11 is 0. The van der Waals surface area contributed by atoms with Gasteiger partial charge in [0.05, 0.1) is 9.52 Å². The van der Waals surface area contributed by atoms with Crippen LogP contribution in [-0.4, -0.2) is 41.4 Å². The smallest absolute Gasteiger partial charge is 0.134 e. The summed E-state index contributed by atoms with van der Waals surface area (Å²) in [6.45, 7) is 0.259. The molecule has 0 bridgehead atoms. The van der Waals surface area contributed by atoms with Crippen molar-refractivity contribution in [3.05, 3.63) is 0 Å². The van der Waals surface area contributed by atoms with Crippen LogP contribution in [-0.2, 0) is 9.47 Å². The number of aliphatic hydroxyl groups excluding tert-OH is 1. The van der Waals surface area contributed by atoms with Gasteiger partial charge in [-0.2, -0.15) is 0 Å². The molecule has 9 heavy (non-hydrogen) atoms. The van der Waals surface area contributed by atoms with Crippen molar-refractivity contribution in [1.29, 1.82) is 0 Å². The van der Waals surface area contributed by atoms with Gasteiger partial charge in [0, 0.05) is 20.8 Å². The maximum absolute atomic E-state index is 8.43. The first-order chi connectivity index (χ1) is 4.35. The Labute approximate surface area is 57.8 Å². The van der Waals surface area contributed by atoms with E-state index in [0.717, 1.165) is 6.04 Å². The molecular formula is C5H14O3Si. The van der Waals surface area contributed by atoms with Crippen molar-refractivity contribution in [2.24, 2.45) is 0 Å². The predicted octanol–water partition coefficient (Wildman–Crippen LogP) is -0.858. The lowest BCUT2D eigenvalue weighted by Gasteiger charge is -2.10. The zero-order valence-electron chi connectivity index (χ0n) is 5.96. The maximum Gasteiger partial charge on any atom is 0.134 e. The molecule has 0 aromatic rings. The molecule has 0 fully saturated rings. The van der Waals surface area contributed by atoms with Crippen molar-refractivity contribution in [1.82, 2.24) is 0 Å². The fraction of sp³-hybridized carbons (Fsp3) is 1.00. The van der Waals surface area contributed by atoms with Gasteiger partial charge in [-0.25, -0.2) is 0 Å². The Balaban J connectivity index is 3.09. The average Bonchev–Trinajstić information content (AvgIpc) is 1.91. The largest absolute Gasteiger partial charge is 0.397 e. The number of hydrogen-bond donors (Lipinski definition) is 1. The van der Waals surface area contributed by atoms with Crippen LogP contribution in [0.25, 0.3) is 0 Å². The minimum atomic E-state index is -0.369. The summed E-state index contributed by atoms with van der Waals surface area (Å²) in [6.07, 6.45) is 0. The van der Waals surface area contributed by atoms with E-state index in [4.69, 9.17) is 14.6 Å². The van der Waals surface area contributed by atoms with Gasteiger partial charge >= 0.3 is 0 Å². The molecule has 0 spiro atoms. The summed E-state index contributed by atoms with van der Waals surface area (Å²) in [5, 5.41) is 8.43. The lowest BCUT2D eigenvalue weighted by atomic mass is 10.9. The number of hydrogen-bond acceptors (Lipinski definition) is 3. The molecule has 0 aliphatic heterocycles. The fourth-order valence-corrected chi connectivity index (χ4v) is 1.58. The fourth-order valence-electron chi connectivity index (χ4n) is 0.590. The van der Waals surface area contributed by atoms with Crippen LogP contribution < -0.4 is 0 Å². The van der Waals surface area contributed by atoms with Crippen LogP contribution in [0.3, 0.4) is 0 Å². The van der Waals surface area contributed by atoms with Crippen molar-refractivity contribution in [2.75, 3.05) is 20.8 Å². The molecule has 0 amide bonds. The number of ether oxygens (including phenoxy) is 2. The average molecular weight is 150 g/mol. The second-order valence-corrected chi connectivity index (χ2v) is 3.72. The monoisotopic (exact) mass is 150 g/mol. The highest BCUT2D eigenvalue weighted by Crippen LogP contribution is 1.90. The summed E-state index contributed by atoms with van der Waals surface area (Å²) in [4.78, 5) is 0. The first-order valence-electron chi connectivity index (χ1n) is 3.01. The van der Waals surface area contributed by atoms with Crippen LogP contribution in [0.2, 0.25) is 6.04 Å². The van der Waals surface area contributed by atoms with Gasteiger partial charge in [0.1, 0.15) is 5.91 Å². The van der Waals surface area contributed by atoms with Crippen LogP contribution >= 0.6 is 0 Å². The predicted molar refractivity (Wildman–Crippen MR) is 38.2 cm³/mol. The molecule has 4 heteroatoms. The van der Waals surface area contributed by atoms with E-state index in [0.29, 0.717) is 0 Å². The SMILES string of the molecule is COC(OC)[SiH2]CCO. The van der Waals surface area contributed by atoms with Crippen molar-refractivity contribution in [3.8, 4) is 0 Å². The molecule has 0 unspecified atom stereocenters. The zero-order chi connectivity index (χ0) is 7.11. The molecule has 1 N–H and O–H groups in total. The molecule has 0 saturated carbocycles. The van der Waals surface area contributed by atoms with Crippen molar-refractivity contribution in [2.45, 2.75) is 12.0 Å². The summed E-state index contributed by atoms with van der Waals surface area (Å²) in [5.41, 5.74) is 0. The second kappa shape index (κ2) is 6.22. The van der Waals surface area contributed by atoms with Gasteiger partial charge in [-0.15, -0.1) is 0 Å². The summed E-state index contributed by atoms with van der Waals surface area (Å²) in [6, 6.07) is 0.867. The van der Waals surface area contributed by atoms with Crippen LogP contribution in [0.15, 0.2) is 0 Å². The van der Waals surface area contributed by atoms with E-state index in [-0.39, 0.29) is 22.0 Å². The highest BCUT2D eigenvalue weighted by Gasteiger charge is 2.02. The Morgan fingerprint density at radius 1 is 1.44 bits per heavy atom. The first kappa shape index (κ1) is 9.10. The van der Waals surface area contributed by atoms with Gasteiger partial charge in [-0.1, -0.05) is 0 Å². The lowest BCUT2D eigenvalue weighted by molar-refractivity contribution is -0.0443. The van der Waals surface area contributed by atoms with Crippen LogP contribution in [0.4, 0.5) is 0 Å². The molecule has 0 aromatic carbocycles. The quantitative estimate of drug-likeness (QED) is 0.409. The van der Waals surface area contributed by atoms with E-state index in [2.05, 4.69) is 0 Å². The second-order valence-electron chi connectivity index (χ2n) is 1.77. The molecule has 0 heterocycles. The van der Waals surface area contributed by atoms with Gasteiger partial charge < -0.3 is 14.6 Å². The van der Waals surface area contributed by atoms with E-state index in [9.17, 15) is 0 Å². The van der Waals surface area contributed by atoms with E-state index in [1.165, 1.54) is 0 Å². The van der Waals surface area contributed by atoms with Crippen LogP contribution in [0.1, 0.15) is 0 Å². The first-order valence-corrected chi connectivity index (χ1v) is 4.83. The number of methoxy groups -OCH3 is 2. The Bertz CT molecular complexity index is 56.2. The van der Waals surface area contributed by atoms with Gasteiger partial charge in [-0.05, 0) is 6.04 Å². The normalized spacial score (nSPS) is 12.0. The zero-order valence-corrected chi connectivity index (χ0v) is 7.38. The third kappa shape index (κ3) is 4.59. The molecule has 0 radical (unpaired) electrons. The van der Waals surface area contributed by atoms with Gasteiger partial charge in [0.25, 0.3) is 0 Å². The third-order valence-electron chi connectivity index (χ3n) is 1.12. The highest BCUT2D eigenvalue weighted by atomic mass is 28.2. The van der Waals surface area contributed by atoms with Crippen molar-refractivity contribution >= 4 is 9.52 Å².